The third-order valence-electron chi connectivity index (χ3n) is 4.29. The lowest BCUT2D eigenvalue weighted by Crippen LogP contribution is -2.47. The molecule has 0 fully saturated rings. The van der Waals surface area contributed by atoms with Crippen LogP contribution >= 0.6 is 0 Å². The fraction of sp³-hybridized carbons (Fsp3) is 1.00. The highest BCUT2D eigenvalue weighted by Gasteiger charge is 2.47. The zero-order valence-electron chi connectivity index (χ0n) is 11.1. The summed E-state index contributed by atoms with van der Waals surface area (Å²) in [5, 5.41) is 0. The van der Waals surface area contributed by atoms with Gasteiger partial charge in [0.1, 0.15) is 0 Å². The van der Waals surface area contributed by atoms with E-state index in [9.17, 15) is 8.42 Å². The van der Waals surface area contributed by atoms with Gasteiger partial charge in [0, 0.05) is 0 Å². The smallest absolute Gasteiger partial charge is 0.161 e. The second kappa shape index (κ2) is 4.86. The molecule has 0 unspecified atom stereocenters. The van der Waals surface area contributed by atoms with Crippen molar-refractivity contribution in [1.29, 1.82) is 0 Å². The molecule has 0 aromatic carbocycles. The van der Waals surface area contributed by atoms with E-state index in [0.29, 0.717) is 25.7 Å². The van der Waals surface area contributed by atoms with Crippen molar-refractivity contribution in [2.75, 3.05) is 0 Å². The van der Waals surface area contributed by atoms with Gasteiger partial charge >= 0.3 is 0 Å². The van der Waals surface area contributed by atoms with Crippen molar-refractivity contribution in [3.63, 3.8) is 0 Å². The molecule has 0 aliphatic carbocycles. The summed E-state index contributed by atoms with van der Waals surface area (Å²) < 4.78 is 24.1. The maximum absolute atomic E-state index is 12.6. The normalized spacial score (nSPS) is 14.3. The quantitative estimate of drug-likeness (QED) is 0.704. The van der Waals surface area contributed by atoms with E-state index in [1.165, 1.54) is 0 Å². The van der Waals surface area contributed by atoms with Crippen molar-refractivity contribution in [2.45, 2.75) is 76.7 Å². The molecule has 0 N–H and O–H groups in total. The van der Waals surface area contributed by atoms with Gasteiger partial charge < -0.3 is 0 Å². The van der Waals surface area contributed by atoms with Crippen LogP contribution in [-0.4, -0.2) is 17.9 Å². The van der Waals surface area contributed by atoms with E-state index >= 15 is 0 Å². The summed E-state index contributed by atoms with van der Waals surface area (Å²) in [5.74, 6) is 0. The van der Waals surface area contributed by atoms with E-state index in [2.05, 4.69) is 0 Å². The molecule has 0 bridgehead atoms. The molecule has 3 heteroatoms. The van der Waals surface area contributed by atoms with E-state index in [-0.39, 0.29) is 0 Å². The molecule has 0 spiro atoms. The molecule has 0 aromatic heterocycles. The molecule has 0 aliphatic heterocycles. The minimum atomic E-state index is -3.06. The van der Waals surface area contributed by atoms with Gasteiger partial charge in [0.15, 0.2) is 9.84 Å². The van der Waals surface area contributed by atoms with E-state index in [0.717, 1.165) is 0 Å². The highest BCUT2D eigenvalue weighted by atomic mass is 32.2. The Morgan fingerprint density at radius 3 is 1.07 bits per heavy atom. The van der Waals surface area contributed by atoms with Crippen LogP contribution in [-0.2, 0) is 9.84 Å². The van der Waals surface area contributed by atoms with Crippen LogP contribution in [0.15, 0.2) is 0 Å². The maximum Gasteiger partial charge on any atom is 0.161 e. The van der Waals surface area contributed by atoms with Gasteiger partial charge in [0.05, 0.1) is 9.49 Å². The molecule has 0 aromatic rings. The maximum atomic E-state index is 12.6. The third kappa shape index (κ3) is 2.22. The van der Waals surface area contributed by atoms with Crippen LogP contribution in [0.2, 0.25) is 0 Å². The molecule has 0 saturated heterocycles. The van der Waals surface area contributed by atoms with Crippen LogP contribution in [0, 0.1) is 0 Å². The molecular formula is C12H26O2S. The summed E-state index contributed by atoms with van der Waals surface area (Å²) in [6, 6.07) is 0. The first-order chi connectivity index (χ1) is 6.74. The molecule has 0 heterocycles. The Bertz CT molecular complexity index is 259. The zero-order chi connectivity index (χ0) is 12.3. The van der Waals surface area contributed by atoms with Crippen molar-refractivity contribution in [1.82, 2.24) is 0 Å². The van der Waals surface area contributed by atoms with Gasteiger partial charge in [-0.3, -0.25) is 0 Å². The van der Waals surface area contributed by atoms with Gasteiger partial charge in [-0.1, -0.05) is 27.7 Å². The standard InChI is InChI=1S/C12H26O2S/c1-7-11(5,8-2)15(13,14)12(6,9-3)10-4/h7-10H2,1-6H3. The van der Waals surface area contributed by atoms with Gasteiger partial charge in [-0.25, -0.2) is 8.42 Å². The summed E-state index contributed by atoms with van der Waals surface area (Å²) in [6.07, 6.45) is 2.78. The minimum absolute atomic E-state index is 0.562. The molecular weight excluding hydrogens is 208 g/mol. The first-order valence-electron chi connectivity index (χ1n) is 5.98. The molecule has 0 amide bonds. The first-order valence-corrected chi connectivity index (χ1v) is 7.47. The van der Waals surface area contributed by atoms with Gasteiger partial charge in [0.2, 0.25) is 0 Å². The van der Waals surface area contributed by atoms with Crippen molar-refractivity contribution >= 4 is 9.84 Å². The van der Waals surface area contributed by atoms with Crippen LogP contribution in [0.4, 0.5) is 0 Å². The van der Waals surface area contributed by atoms with Crippen LogP contribution in [0.3, 0.4) is 0 Å². The van der Waals surface area contributed by atoms with Crippen LogP contribution in [0.5, 0.6) is 0 Å². The van der Waals surface area contributed by atoms with E-state index in [4.69, 9.17) is 0 Å². The average molecular weight is 234 g/mol. The Morgan fingerprint density at radius 2 is 0.933 bits per heavy atom. The molecule has 0 radical (unpaired) electrons. The Balaban J connectivity index is 5.48. The second-order valence-corrected chi connectivity index (χ2v) is 7.80. The molecule has 0 saturated carbocycles. The Morgan fingerprint density at radius 1 is 0.733 bits per heavy atom. The summed E-state index contributed by atoms with van der Waals surface area (Å²) >= 11 is 0. The second-order valence-electron chi connectivity index (χ2n) is 4.82. The lowest BCUT2D eigenvalue weighted by Gasteiger charge is -2.37. The van der Waals surface area contributed by atoms with Crippen molar-refractivity contribution in [3.05, 3.63) is 0 Å². The predicted molar refractivity (Wildman–Crippen MR) is 66.9 cm³/mol. The third-order valence-corrected chi connectivity index (χ3v) is 8.04. The van der Waals surface area contributed by atoms with Gasteiger partial charge in [-0.15, -0.1) is 0 Å². The van der Waals surface area contributed by atoms with Crippen LogP contribution < -0.4 is 0 Å². The Kier molecular flexibility index (Phi) is 4.84. The fourth-order valence-electron chi connectivity index (χ4n) is 1.85. The van der Waals surface area contributed by atoms with Gasteiger partial charge in [0.25, 0.3) is 0 Å². The number of hydrogen-bond donors (Lipinski definition) is 0. The van der Waals surface area contributed by atoms with Crippen molar-refractivity contribution < 1.29 is 8.42 Å². The lowest BCUT2D eigenvalue weighted by molar-refractivity contribution is 0.451. The molecule has 0 aliphatic rings. The van der Waals surface area contributed by atoms with Crippen molar-refractivity contribution in [3.8, 4) is 0 Å². The van der Waals surface area contributed by atoms with Gasteiger partial charge in [-0.05, 0) is 39.5 Å². The van der Waals surface area contributed by atoms with Gasteiger partial charge in [-0.2, -0.15) is 0 Å². The SMILES string of the molecule is CCC(C)(CC)S(=O)(=O)C(C)(CC)CC. The fourth-order valence-corrected chi connectivity index (χ4v) is 4.56. The predicted octanol–water partition coefficient (Wildman–Crippen LogP) is 3.56. The number of rotatable bonds is 6. The van der Waals surface area contributed by atoms with Crippen molar-refractivity contribution in [2.24, 2.45) is 0 Å². The summed E-state index contributed by atoms with van der Waals surface area (Å²) in [4.78, 5) is 0. The van der Waals surface area contributed by atoms with E-state index in [1.54, 1.807) is 0 Å². The molecule has 0 rings (SSSR count). The average Bonchev–Trinajstić information content (AvgIpc) is 2.26. The Hall–Kier alpha value is -0.0500. The molecule has 92 valence electrons. The van der Waals surface area contributed by atoms with Crippen LogP contribution in [0.1, 0.15) is 67.2 Å². The number of hydrogen-bond acceptors (Lipinski definition) is 2. The molecule has 0 atom stereocenters. The topological polar surface area (TPSA) is 34.1 Å². The first kappa shape index (κ1) is 14.9. The van der Waals surface area contributed by atoms with Crippen LogP contribution in [0.25, 0.3) is 0 Å². The molecule has 2 nitrogen and oxygen atoms in total. The monoisotopic (exact) mass is 234 g/mol. The number of sulfone groups is 1. The van der Waals surface area contributed by atoms with E-state index in [1.807, 2.05) is 41.5 Å². The summed E-state index contributed by atoms with van der Waals surface area (Å²) in [6.45, 7) is 11.6. The van der Waals surface area contributed by atoms with E-state index < -0.39 is 19.3 Å². The summed E-state index contributed by atoms with van der Waals surface area (Å²) in [5.41, 5.74) is 0. The molecule has 15 heavy (non-hydrogen) atoms. The summed E-state index contributed by atoms with van der Waals surface area (Å²) in [7, 11) is -3.06. The zero-order valence-corrected chi connectivity index (χ0v) is 11.9. The minimum Gasteiger partial charge on any atom is -0.228 e. The highest BCUT2D eigenvalue weighted by Crippen LogP contribution is 2.38. The highest BCUT2D eigenvalue weighted by molar-refractivity contribution is 7.94. The lowest BCUT2D eigenvalue weighted by atomic mass is 10.0. The Labute approximate surface area is 95.4 Å². The largest absolute Gasteiger partial charge is 0.228 e.